The van der Waals surface area contributed by atoms with Crippen molar-refractivity contribution in [2.45, 2.75) is 6.92 Å². The highest BCUT2D eigenvalue weighted by atomic mass is 16.5. The van der Waals surface area contributed by atoms with E-state index < -0.39 is 5.91 Å². The minimum atomic E-state index is -0.391. The Morgan fingerprint density at radius 1 is 1.16 bits per heavy atom. The second kappa shape index (κ2) is 8.58. The van der Waals surface area contributed by atoms with E-state index in [1.165, 1.54) is 20.4 Å². The Labute approximate surface area is 145 Å². The van der Waals surface area contributed by atoms with Gasteiger partial charge in [0.05, 0.1) is 20.4 Å². The Morgan fingerprint density at radius 2 is 1.80 bits per heavy atom. The molecule has 2 N–H and O–H groups in total. The number of phenols is 1. The van der Waals surface area contributed by atoms with Crippen molar-refractivity contribution in [3.8, 4) is 23.0 Å². The number of para-hydroxylation sites is 1. The van der Waals surface area contributed by atoms with Gasteiger partial charge in [0.15, 0.2) is 18.1 Å². The van der Waals surface area contributed by atoms with E-state index >= 15 is 0 Å². The van der Waals surface area contributed by atoms with Crippen molar-refractivity contribution in [1.29, 1.82) is 0 Å². The molecule has 7 nitrogen and oxygen atoms in total. The number of hydrazone groups is 1. The van der Waals surface area contributed by atoms with Crippen LogP contribution in [0.15, 0.2) is 41.5 Å². The average Bonchev–Trinajstić information content (AvgIpc) is 2.62. The van der Waals surface area contributed by atoms with Gasteiger partial charge in [0.2, 0.25) is 5.75 Å². The number of nitrogens with one attached hydrogen (secondary N) is 1. The molecular weight excluding hydrogens is 324 g/mol. The van der Waals surface area contributed by atoms with Crippen LogP contribution < -0.4 is 19.6 Å². The predicted molar refractivity (Wildman–Crippen MR) is 93.6 cm³/mol. The van der Waals surface area contributed by atoms with Crippen LogP contribution >= 0.6 is 0 Å². The maximum atomic E-state index is 11.8. The zero-order valence-corrected chi connectivity index (χ0v) is 14.3. The maximum Gasteiger partial charge on any atom is 0.277 e. The molecule has 2 rings (SSSR count). The third kappa shape index (κ3) is 4.87. The molecule has 0 radical (unpaired) electrons. The molecule has 2 aromatic carbocycles. The van der Waals surface area contributed by atoms with Gasteiger partial charge in [-0.3, -0.25) is 4.79 Å². The minimum Gasteiger partial charge on any atom is -0.502 e. The van der Waals surface area contributed by atoms with Crippen LogP contribution in [0.25, 0.3) is 0 Å². The number of hydrogen-bond donors (Lipinski definition) is 2. The van der Waals surface area contributed by atoms with Gasteiger partial charge < -0.3 is 19.3 Å². The van der Waals surface area contributed by atoms with Gasteiger partial charge in [-0.25, -0.2) is 5.43 Å². The number of hydrogen-bond acceptors (Lipinski definition) is 6. The van der Waals surface area contributed by atoms with E-state index in [1.54, 1.807) is 18.2 Å². The second-order valence-corrected chi connectivity index (χ2v) is 5.12. The van der Waals surface area contributed by atoms with Gasteiger partial charge in [0, 0.05) is 5.56 Å². The van der Waals surface area contributed by atoms with Gasteiger partial charge in [0.1, 0.15) is 5.75 Å². The normalized spacial score (nSPS) is 10.5. The molecule has 0 bridgehead atoms. The molecule has 0 saturated heterocycles. The number of phenolic OH excluding ortho intramolecular Hbond substituents is 1. The quantitative estimate of drug-likeness (QED) is 0.594. The molecule has 0 aliphatic rings. The number of aryl methyl sites for hydroxylation is 1. The summed E-state index contributed by atoms with van der Waals surface area (Å²) in [4.78, 5) is 11.8. The summed E-state index contributed by atoms with van der Waals surface area (Å²) in [6.07, 6.45) is 1.41. The lowest BCUT2D eigenvalue weighted by atomic mass is 10.2. The number of aromatic hydroxyl groups is 1. The fourth-order valence-electron chi connectivity index (χ4n) is 2.06. The van der Waals surface area contributed by atoms with Crippen molar-refractivity contribution in [3.63, 3.8) is 0 Å². The smallest absolute Gasteiger partial charge is 0.277 e. The lowest BCUT2D eigenvalue weighted by molar-refractivity contribution is -0.123. The molecule has 0 unspecified atom stereocenters. The van der Waals surface area contributed by atoms with Gasteiger partial charge in [-0.1, -0.05) is 18.2 Å². The molecule has 0 atom stereocenters. The SMILES string of the molecule is COc1cc(/C=N\NC(=O)COc2ccccc2C)cc(OC)c1O. The largest absolute Gasteiger partial charge is 0.502 e. The fraction of sp³-hybridized carbons (Fsp3) is 0.222. The first-order valence-corrected chi connectivity index (χ1v) is 7.50. The molecule has 0 aliphatic heterocycles. The van der Waals surface area contributed by atoms with E-state index in [-0.39, 0.29) is 23.9 Å². The average molecular weight is 344 g/mol. The molecule has 0 aliphatic carbocycles. The lowest BCUT2D eigenvalue weighted by Crippen LogP contribution is -2.24. The van der Waals surface area contributed by atoms with E-state index in [0.29, 0.717) is 11.3 Å². The number of nitrogens with zero attached hydrogens (tertiary/aromatic N) is 1. The Hall–Kier alpha value is -3.22. The highest BCUT2D eigenvalue weighted by molar-refractivity contribution is 5.84. The molecule has 0 saturated carbocycles. The standard InChI is InChI=1S/C18H20N2O5/c1-12-6-4-5-7-14(12)25-11-17(21)20-19-10-13-8-15(23-2)18(22)16(9-13)24-3/h4-10,22H,11H2,1-3H3,(H,20,21)/b19-10-. The summed E-state index contributed by atoms with van der Waals surface area (Å²) in [6, 6.07) is 10.6. The summed E-state index contributed by atoms with van der Waals surface area (Å²) >= 11 is 0. The van der Waals surface area contributed by atoms with Crippen LogP contribution in [0.2, 0.25) is 0 Å². The number of ether oxygens (including phenoxy) is 3. The first-order valence-electron chi connectivity index (χ1n) is 7.50. The van der Waals surface area contributed by atoms with E-state index in [1.807, 2.05) is 25.1 Å². The number of carbonyl (C=O) groups is 1. The topological polar surface area (TPSA) is 89.4 Å². The Morgan fingerprint density at radius 3 is 2.40 bits per heavy atom. The van der Waals surface area contributed by atoms with Crippen LogP contribution in [0, 0.1) is 6.92 Å². The van der Waals surface area contributed by atoms with Gasteiger partial charge in [-0.05, 0) is 30.7 Å². The van der Waals surface area contributed by atoms with Crippen molar-refractivity contribution in [2.75, 3.05) is 20.8 Å². The highest BCUT2D eigenvalue weighted by Crippen LogP contribution is 2.36. The number of carbonyl (C=O) groups excluding carboxylic acids is 1. The molecule has 25 heavy (non-hydrogen) atoms. The summed E-state index contributed by atoms with van der Waals surface area (Å²) < 4.78 is 15.5. The van der Waals surface area contributed by atoms with Crippen LogP contribution in [0.5, 0.6) is 23.0 Å². The third-order valence-electron chi connectivity index (χ3n) is 3.36. The van der Waals surface area contributed by atoms with E-state index in [0.717, 1.165) is 5.56 Å². The fourth-order valence-corrected chi connectivity index (χ4v) is 2.06. The molecule has 1 amide bonds. The number of amides is 1. The van der Waals surface area contributed by atoms with Crippen molar-refractivity contribution in [3.05, 3.63) is 47.5 Å². The monoisotopic (exact) mass is 344 g/mol. The molecule has 2 aromatic rings. The number of benzene rings is 2. The molecule has 0 spiro atoms. The first-order chi connectivity index (χ1) is 12.0. The van der Waals surface area contributed by atoms with Gasteiger partial charge in [-0.15, -0.1) is 0 Å². The number of rotatable bonds is 7. The Kier molecular flexibility index (Phi) is 6.22. The van der Waals surface area contributed by atoms with Crippen LogP contribution in [-0.2, 0) is 4.79 Å². The van der Waals surface area contributed by atoms with Crippen molar-refractivity contribution >= 4 is 12.1 Å². The summed E-state index contributed by atoms with van der Waals surface area (Å²) in [6.45, 7) is 1.75. The van der Waals surface area contributed by atoms with Crippen LogP contribution in [0.1, 0.15) is 11.1 Å². The molecular formula is C18H20N2O5. The van der Waals surface area contributed by atoms with Crippen molar-refractivity contribution in [2.24, 2.45) is 5.10 Å². The van der Waals surface area contributed by atoms with Crippen LogP contribution in [0.3, 0.4) is 0 Å². The van der Waals surface area contributed by atoms with Gasteiger partial charge in [0.25, 0.3) is 5.91 Å². The third-order valence-corrected chi connectivity index (χ3v) is 3.36. The molecule has 132 valence electrons. The molecule has 0 aromatic heterocycles. The van der Waals surface area contributed by atoms with Crippen LogP contribution in [0.4, 0.5) is 0 Å². The van der Waals surface area contributed by atoms with E-state index in [9.17, 15) is 9.90 Å². The zero-order valence-electron chi connectivity index (χ0n) is 14.3. The summed E-state index contributed by atoms with van der Waals surface area (Å²) in [7, 11) is 2.86. The molecule has 0 heterocycles. The van der Waals surface area contributed by atoms with Crippen molar-refractivity contribution < 1.29 is 24.1 Å². The van der Waals surface area contributed by atoms with Gasteiger partial charge >= 0.3 is 0 Å². The first kappa shape index (κ1) is 18.1. The van der Waals surface area contributed by atoms with E-state index in [4.69, 9.17) is 14.2 Å². The predicted octanol–water partition coefficient (Wildman–Crippen LogP) is 2.25. The van der Waals surface area contributed by atoms with E-state index in [2.05, 4.69) is 10.5 Å². The summed E-state index contributed by atoms with van der Waals surface area (Å²) in [5, 5.41) is 13.7. The van der Waals surface area contributed by atoms with Crippen molar-refractivity contribution in [1.82, 2.24) is 5.43 Å². The van der Waals surface area contributed by atoms with Crippen LogP contribution in [-0.4, -0.2) is 38.1 Å². The maximum absolute atomic E-state index is 11.8. The van der Waals surface area contributed by atoms with Gasteiger partial charge in [-0.2, -0.15) is 5.10 Å². The zero-order chi connectivity index (χ0) is 18.2. The lowest BCUT2D eigenvalue weighted by Gasteiger charge is -2.09. The summed E-state index contributed by atoms with van der Waals surface area (Å²) in [5.74, 6) is 0.648. The molecule has 0 fully saturated rings. The second-order valence-electron chi connectivity index (χ2n) is 5.12. The molecule has 7 heteroatoms. The number of methoxy groups -OCH3 is 2. The highest BCUT2D eigenvalue weighted by Gasteiger charge is 2.10. The Balaban J connectivity index is 1.94. The summed E-state index contributed by atoms with van der Waals surface area (Å²) in [5.41, 5.74) is 3.91. The minimum absolute atomic E-state index is 0.0992. The Bertz CT molecular complexity index is 749.